The SMILES string of the molecule is CCCCCCCCCCCCCCCCC(=O)OC[C@H](COP(=O)(O)OC[C@@H](O)COP(=O)(O)OC[C@@H](COC(=O)CCCCCCCCCCCCC)OC(=O)CCCCCCCCCCC(C)CC)OC(=O)CCCCCCCCCCCCCCCCCCCCC(C)CC. The van der Waals surface area contributed by atoms with Crippen LogP contribution in [0.3, 0.4) is 0 Å². The highest BCUT2D eigenvalue weighted by molar-refractivity contribution is 7.47. The monoisotopic (exact) mass is 1450 g/mol. The van der Waals surface area contributed by atoms with E-state index in [2.05, 4.69) is 41.5 Å². The van der Waals surface area contributed by atoms with Crippen LogP contribution >= 0.6 is 15.6 Å². The predicted molar refractivity (Wildman–Crippen MR) is 405 cm³/mol. The first-order chi connectivity index (χ1) is 47.9. The number of ether oxygens (including phenoxy) is 4. The van der Waals surface area contributed by atoms with E-state index in [-0.39, 0.29) is 25.7 Å². The van der Waals surface area contributed by atoms with Crippen molar-refractivity contribution in [3.05, 3.63) is 0 Å². The highest BCUT2D eigenvalue weighted by atomic mass is 31.2. The number of carbonyl (C=O) groups excluding carboxylic acids is 4. The van der Waals surface area contributed by atoms with Gasteiger partial charge >= 0.3 is 39.5 Å². The average Bonchev–Trinajstić information content (AvgIpc) is 0.986. The summed E-state index contributed by atoms with van der Waals surface area (Å²) in [6.07, 6.45) is 60.9. The third kappa shape index (κ3) is 71.5. The molecule has 99 heavy (non-hydrogen) atoms. The summed E-state index contributed by atoms with van der Waals surface area (Å²) in [7, 11) is -9.92. The lowest BCUT2D eigenvalue weighted by Gasteiger charge is -2.21. The third-order valence-electron chi connectivity index (χ3n) is 19.4. The van der Waals surface area contributed by atoms with Crippen LogP contribution in [0.1, 0.15) is 420 Å². The molecule has 0 aromatic heterocycles. The second-order valence-corrected chi connectivity index (χ2v) is 32.2. The summed E-state index contributed by atoms with van der Waals surface area (Å²) in [6.45, 7) is 9.69. The topological polar surface area (TPSA) is 237 Å². The molecular formula is C80H156O17P2. The Hall–Kier alpha value is -1.94. The molecule has 0 heterocycles. The zero-order chi connectivity index (χ0) is 72.8. The maximum Gasteiger partial charge on any atom is 0.472 e. The number of phosphoric acid groups is 2. The van der Waals surface area contributed by atoms with E-state index < -0.39 is 97.5 Å². The molecule has 0 amide bonds. The van der Waals surface area contributed by atoms with E-state index in [9.17, 15) is 43.2 Å². The van der Waals surface area contributed by atoms with E-state index in [1.54, 1.807) is 0 Å². The molecule has 7 atom stereocenters. The van der Waals surface area contributed by atoms with Crippen LogP contribution in [-0.2, 0) is 65.4 Å². The minimum absolute atomic E-state index is 0.105. The fourth-order valence-corrected chi connectivity index (χ4v) is 13.9. The van der Waals surface area contributed by atoms with Gasteiger partial charge in [-0.15, -0.1) is 0 Å². The molecule has 17 nitrogen and oxygen atoms in total. The Labute approximate surface area is 607 Å². The van der Waals surface area contributed by atoms with Gasteiger partial charge in [0.15, 0.2) is 12.2 Å². The zero-order valence-electron chi connectivity index (χ0n) is 64.8. The fourth-order valence-electron chi connectivity index (χ4n) is 12.3. The van der Waals surface area contributed by atoms with Crippen LogP contribution in [0.15, 0.2) is 0 Å². The Kier molecular flexibility index (Phi) is 70.3. The molecule has 0 aromatic rings. The van der Waals surface area contributed by atoms with Gasteiger partial charge in [0.2, 0.25) is 0 Å². The summed E-state index contributed by atoms with van der Waals surface area (Å²) in [6, 6.07) is 0. The standard InChI is InChI=1S/C80H156O17P2/c1-7-11-13-15-17-19-21-22-30-34-38-45-51-57-63-78(83)91-68-75(96-79(84)64-58-52-46-39-35-31-28-26-24-23-25-27-29-33-36-42-48-54-60-72(5)9-3)70-94-98(86,87)92-66-74(81)67-93-99(88,89)95-71-76(69-90-77(82)62-56-50-44-37-32-20-18-16-14-12-8-2)97-80(85)65-59-53-47-41-40-43-49-55-61-73(6)10-4/h72-76,81H,7-71H2,1-6H3,(H,86,87)(H,88,89)/t72?,73?,74-,75-,76-/m1/s1. The van der Waals surface area contributed by atoms with Crippen LogP contribution in [0.5, 0.6) is 0 Å². The summed E-state index contributed by atoms with van der Waals surface area (Å²) in [4.78, 5) is 72.9. The Morgan fingerprint density at radius 1 is 0.283 bits per heavy atom. The first-order valence-corrected chi connectivity index (χ1v) is 44.6. The van der Waals surface area contributed by atoms with E-state index >= 15 is 0 Å². The van der Waals surface area contributed by atoms with Gasteiger partial charge in [0.1, 0.15) is 19.3 Å². The number of rotatable bonds is 79. The Bertz CT molecular complexity index is 1910. The summed E-state index contributed by atoms with van der Waals surface area (Å²) < 4.78 is 68.7. The van der Waals surface area contributed by atoms with Crippen molar-refractivity contribution in [1.29, 1.82) is 0 Å². The Balaban J connectivity index is 5.21. The average molecular weight is 1450 g/mol. The largest absolute Gasteiger partial charge is 0.472 e. The quantitative estimate of drug-likeness (QED) is 0.0222. The summed E-state index contributed by atoms with van der Waals surface area (Å²) >= 11 is 0. The van der Waals surface area contributed by atoms with Crippen LogP contribution in [0.2, 0.25) is 0 Å². The highest BCUT2D eigenvalue weighted by Crippen LogP contribution is 2.45. The lowest BCUT2D eigenvalue weighted by molar-refractivity contribution is -0.161. The molecule has 0 radical (unpaired) electrons. The molecule has 0 aliphatic carbocycles. The van der Waals surface area contributed by atoms with Crippen molar-refractivity contribution in [2.75, 3.05) is 39.6 Å². The second kappa shape index (κ2) is 71.7. The molecule has 0 aromatic carbocycles. The molecule has 0 saturated heterocycles. The van der Waals surface area contributed by atoms with Crippen molar-refractivity contribution in [3.8, 4) is 0 Å². The maximum atomic E-state index is 13.1. The number of aliphatic hydroxyl groups excluding tert-OH is 1. The van der Waals surface area contributed by atoms with Crippen LogP contribution in [0.25, 0.3) is 0 Å². The summed E-state index contributed by atoms with van der Waals surface area (Å²) in [5.74, 6) is -0.470. The normalized spacial score (nSPS) is 14.5. The van der Waals surface area contributed by atoms with Crippen LogP contribution in [0, 0.1) is 11.8 Å². The fraction of sp³-hybridized carbons (Fsp3) is 0.950. The third-order valence-corrected chi connectivity index (χ3v) is 21.3. The maximum absolute atomic E-state index is 13.1. The molecule has 0 aliphatic heterocycles. The van der Waals surface area contributed by atoms with E-state index in [0.717, 1.165) is 102 Å². The van der Waals surface area contributed by atoms with Crippen molar-refractivity contribution in [3.63, 3.8) is 0 Å². The zero-order valence-corrected chi connectivity index (χ0v) is 66.6. The van der Waals surface area contributed by atoms with Crippen molar-refractivity contribution >= 4 is 39.5 Å². The number of aliphatic hydroxyl groups is 1. The van der Waals surface area contributed by atoms with Gasteiger partial charge in [0.05, 0.1) is 26.4 Å². The van der Waals surface area contributed by atoms with Gasteiger partial charge in [0.25, 0.3) is 0 Å². The van der Waals surface area contributed by atoms with Crippen LogP contribution in [0.4, 0.5) is 0 Å². The molecule has 0 fully saturated rings. The molecule has 588 valence electrons. The number of phosphoric ester groups is 2. The number of esters is 4. The smallest absolute Gasteiger partial charge is 0.462 e. The Morgan fingerprint density at radius 3 is 0.717 bits per heavy atom. The second-order valence-electron chi connectivity index (χ2n) is 29.3. The van der Waals surface area contributed by atoms with E-state index in [1.165, 1.54) is 238 Å². The number of carbonyl (C=O) groups is 4. The van der Waals surface area contributed by atoms with E-state index in [4.69, 9.17) is 37.0 Å². The van der Waals surface area contributed by atoms with Crippen molar-refractivity contribution in [1.82, 2.24) is 0 Å². The van der Waals surface area contributed by atoms with Crippen molar-refractivity contribution in [2.24, 2.45) is 11.8 Å². The minimum atomic E-state index is -4.96. The first-order valence-electron chi connectivity index (χ1n) is 41.6. The van der Waals surface area contributed by atoms with Gasteiger partial charge in [-0.05, 0) is 37.5 Å². The number of hydrogen-bond donors (Lipinski definition) is 3. The highest BCUT2D eigenvalue weighted by Gasteiger charge is 2.30. The predicted octanol–water partition coefficient (Wildman–Crippen LogP) is 23.9. The van der Waals surface area contributed by atoms with Crippen molar-refractivity contribution < 1.29 is 80.2 Å². The van der Waals surface area contributed by atoms with Gasteiger partial charge in [-0.25, -0.2) is 9.13 Å². The summed E-state index contributed by atoms with van der Waals surface area (Å²) in [5.41, 5.74) is 0. The van der Waals surface area contributed by atoms with Gasteiger partial charge in [-0.1, -0.05) is 369 Å². The molecule has 0 rings (SSSR count). The molecule has 3 N–H and O–H groups in total. The molecule has 19 heteroatoms. The Morgan fingerprint density at radius 2 is 0.485 bits per heavy atom. The molecule has 0 saturated carbocycles. The van der Waals surface area contributed by atoms with Crippen molar-refractivity contribution in [2.45, 2.75) is 439 Å². The van der Waals surface area contributed by atoms with E-state index in [0.29, 0.717) is 25.7 Å². The van der Waals surface area contributed by atoms with E-state index in [1.807, 2.05) is 0 Å². The molecular weight excluding hydrogens is 1290 g/mol. The number of hydrogen-bond acceptors (Lipinski definition) is 15. The lowest BCUT2D eigenvalue weighted by atomic mass is 9.99. The molecule has 0 bridgehead atoms. The molecule has 0 aliphatic rings. The lowest BCUT2D eigenvalue weighted by Crippen LogP contribution is -2.30. The van der Waals surface area contributed by atoms with Crippen LogP contribution < -0.4 is 0 Å². The van der Waals surface area contributed by atoms with Crippen LogP contribution in [-0.4, -0.2) is 96.7 Å². The minimum Gasteiger partial charge on any atom is -0.462 e. The van der Waals surface area contributed by atoms with Gasteiger partial charge < -0.3 is 33.8 Å². The first kappa shape index (κ1) is 97.1. The van der Waals surface area contributed by atoms with Gasteiger partial charge in [-0.2, -0.15) is 0 Å². The summed E-state index contributed by atoms with van der Waals surface area (Å²) in [5, 5.41) is 10.6. The van der Waals surface area contributed by atoms with Gasteiger partial charge in [0, 0.05) is 25.7 Å². The van der Waals surface area contributed by atoms with Gasteiger partial charge in [-0.3, -0.25) is 37.3 Å². The molecule has 0 spiro atoms. The number of unbranched alkanes of at least 4 members (excludes halogenated alkanes) is 47. The molecule has 4 unspecified atom stereocenters.